The third-order valence-electron chi connectivity index (χ3n) is 6.01. The molecule has 4 aromatic rings. The van der Waals surface area contributed by atoms with Crippen molar-refractivity contribution < 1.29 is 14.3 Å². The first-order valence-corrected chi connectivity index (χ1v) is 11.5. The van der Waals surface area contributed by atoms with Crippen molar-refractivity contribution in [2.24, 2.45) is 0 Å². The zero-order valence-electron chi connectivity index (χ0n) is 19.3. The minimum atomic E-state index is -0.499. The highest BCUT2D eigenvalue weighted by atomic mass is 16.6. The lowest BCUT2D eigenvalue weighted by molar-refractivity contribution is 0.0730. The van der Waals surface area contributed by atoms with Crippen molar-refractivity contribution in [1.29, 1.82) is 5.26 Å². The molecule has 0 saturated heterocycles. The Bertz CT molecular complexity index is 1480. The van der Waals surface area contributed by atoms with Gasteiger partial charge in [0, 0.05) is 24.5 Å². The van der Waals surface area contributed by atoms with Crippen molar-refractivity contribution in [1.82, 2.24) is 19.7 Å². The maximum absolute atomic E-state index is 12.8. The Labute approximate surface area is 202 Å². The van der Waals surface area contributed by atoms with Gasteiger partial charge in [-0.15, -0.1) is 10.2 Å². The van der Waals surface area contributed by atoms with Gasteiger partial charge in [-0.05, 0) is 60.9 Å². The van der Waals surface area contributed by atoms with Gasteiger partial charge >= 0.3 is 5.97 Å². The molecule has 0 spiro atoms. The fraction of sp³-hybridized carbons (Fsp3) is 0.222. The normalized spacial score (nSPS) is 13.5. The third-order valence-corrected chi connectivity index (χ3v) is 6.01. The van der Waals surface area contributed by atoms with Crippen LogP contribution in [-0.2, 0) is 13.0 Å². The molecule has 2 aromatic carbocycles. The molecule has 5 rings (SSSR count). The Kier molecular flexibility index (Phi) is 6.22. The highest BCUT2D eigenvalue weighted by Gasteiger charge is 2.18. The van der Waals surface area contributed by atoms with Crippen LogP contribution < -0.4 is 9.47 Å². The molecule has 0 bridgehead atoms. The van der Waals surface area contributed by atoms with E-state index >= 15 is 0 Å². The number of hydrogen-bond acceptors (Lipinski definition) is 7. The molecule has 2 aromatic heterocycles. The number of carbonyl (C=O) groups excluding carboxylic acids is 1. The Morgan fingerprint density at radius 2 is 2.00 bits per heavy atom. The van der Waals surface area contributed by atoms with Crippen LogP contribution in [0.15, 0.2) is 54.7 Å². The van der Waals surface area contributed by atoms with Gasteiger partial charge in [0.15, 0.2) is 17.3 Å². The smallest absolute Gasteiger partial charge is 0.343 e. The predicted octanol–water partition coefficient (Wildman–Crippen LogP) is 4.84. The Morgan fingerprint density at radius 3 is 2.86 bits per heavy atom. The summed E-state index contributed by atoms with van der Waals surface area (Å²) in [7, 11) is 1.51. The van der Waals surface area contributed by atoms with E-state index < -0.39 is 5.97 Å². The van der Waals surface area contributed by atoms with Gasteiger partial charge in [-0.3, -0.25) is 4.98 Å². The average molecular weight is 466 g/mol. The van der Waals surface area contributed by atoms with Gasteiger partial charge in [0.1, 0.15) is 11.9 Å². The number of methoxy groups -OCH3 is 1. The first-order chi connectivity index (χ1) is 17.2. The molecule has 8 heteroatoms. The number of carbonyl (C=O) groups is 1. The SMILES string of the molecule is COc1cc(/C=C(\C#N)c2nnc3n2CCCCC3)ccc1OC(=O)c1ccc2ncccc2c1. The van der Waals surface area contributed by atoms with E-state index in [4.69, 9.17) is 9.47 Å². The Balaban J connectivity index is 1.40. The van der Waals surface area contributed by atoms with Gasteiger partial charge in [0.2, 0.25) is 0 Å². The molecule has 174 valence electrons. The lowest BCUT2D eigenvalue weighted by Crippen LogP contribution is -2.09. The Morgan fingerprint density at radius 1 is 1.09 bits per heavy atom. The number of nitrogens with zero attached hydrogens (tertiary/aromatic N) is 5. The van der Waals surface area contributed by atoms with Gasteiger partial charge in [-0.2, -0.15) is 5.26 Å². The highest BCUT2D eigenvalue weighted by Crippen LogP contribution is 2.31. The van der Waals surface area contributed by atoms with Crippen molar-refractivity contribution in [3.63, 3.8) is 0 Å². The second-order valence-electron chi connectivity index (χ2n) is 8.28. The number of rotatable bonds is 5. The highest BCUT2D eigenvalue weighted by molar-refractivity contribution is 5.96. The van der Waals surface area contributed by atoms with Crippen molar-refractivity contribution in [2.75, 3.05) is 7.11 Å². The summed E-state index contributed by atoms with van der Waals surface area (Å²) in [6, 6.07) is 16.3. The second-order valence-corrected chi connectivity index (χ2v) is 8.28. The van der Waals surface area contributed by atoms with Crippen LogP contribution in [0.3, 0.4) is 0 Å². The van der Waals surface area contributed by atoms with E-state index in [2.05, 4.69) is 21.3 Å². The van der Waals surface area contributed by atoms with Crippen LogP contribution in [0.2, 0.25) is 0 Å². The summed E-state index contributed by atoms with van der Waals surface area (Å²) in [5, 5.41) is 19.2. The third kappa shape index (κ3) is 4.62. The molecule has 0 radical (unpaired) electrons. The molecule has 8 nitrogen and oxygen atoms in total. The number of hydrogen-bond donors (Lipinski definition) is 0. The number of aryl methyl sites for hydroxylation is 1. The molecule has 0 unspecified atom stereocenters. The van der Waals surface area contributed by atoms with E-state index in [1.165, 1.54) is 7.11 Å². The number of ether oxygens (including phenoxy) is 2. The number of pyridine rings is 1. The van der Waals surface area contributed by atoms with Crippen LogP contribution in [0, 0.1) is 11.3 Å². The lowest BCUT2D eigenvalue weighted by Gasteiger charge is -2.11. The largest absolute Gasteiger partial charge is 0.493 e. The zero-order valence-corrected chi connectivity index (χ0v) is 19.3. The van der Waals surface area contributed by atoms with Gasteiger partial charge < -0.3 is 14.0 Å². The molecule has 1 aliphatic rings. The molecule has 35 heavy (non-hydrogen) atoms. The summed E-state index contributed by atoms with van der Waals surface area (Å²) in [4.78, 5) is 17.1. The summed E-state index contributed by atoms with van der Waals surface area (Å²) in [6.07, 6.45) is 7.58. The van der Waals surface area contributed by atoms with Crippen LogP contribution in [-0.4, -0.2) is 32.8 Å². The Hall–Kier alpha value is -4.51. The summed E-state index contributed by atoms with van der Waals surface area (Å²) in [5.74, 6) is 1.66. The number of benzene rings is 2. The van der Waals surface area contributed by atoms with E-state index in [0.29, 0.717) is 22.7 Å². The molecule has 0 saturated carbocycles. The summed E-state index contributed by atoms with van der Waals surface area (Å²) < 4.78 is 13.1. The van der Waals surface area contributed by atoms with Gasteiger partial charge in [-0.1, -0.05) is 18.6 Å². The van der Waals surface area contributed by atoms with Crippen LogP contribution in [0.25, 0.3) is 22.6 Å². The summed E-state index contributed by atoms with van der Waals surface area (Å²) in [5.41, 5.74) is 2.36. The van der Waals surface area contributed by atoms with Crippen molar-refractivity contribution in [3.8, 4) is 17.6 Å². The number of allylic oxidation sites excluding steroid dienone is 1. The number of fused-ring (bicyclic) bond motifs is 2. The molecule has 0 amide bonds. The summed E-state index contributed by atoms with van der Waals surface area (Å²) >= 11 is 0. The van der Waals surface area contributed by atoms with E-state index in [-0.39, 0.29) is 5.75 Å². The lowest BCUT2D eigenvalue weighted by atomic mass is 10.1. The number of aromatic nitrogens is 4. The van der Waals surface area contributed by atoms with E-state index in [0.717, 1.165) is 54.5 Å². The number of esters is 1. The topological polar surface area (TPSA) is 103 Å². The first-order valence-electron chi connectivity index (χ1n) is 11.5. The maximum atomic E-state index is 12.8. The maximum Gasteiger partial charge on any atom is 0.343 e. The monoisotopic (exact) mass is 465 g/mol. The standard InChI is InChI=1S/C27H23N5O3/c1-34-24-15-18(14-21(17-28)26-31-30-25-7-3-2-4-13-32(25)26)8-11-23(24)35-27(33)20-9-10-22-19(16-20)6-5-12-29-22/h5-6,8-12,14-16H,2-4,7,13H2,1H3/b21-14+. The van der Waals surface area contributed by atoms with E-state index in [1.807, 2.05) is 16.7 Å². The molecule has 1 aliphatic heterocycles. The molecule has 0 fully saturated rings. The molecular weight excluding hydrogens is 442 g/mol. The predicted molar refractivity (Wildman–Crippen MR) is 131 cm³/mol. The number of nitriles is 1. The molecular formula is C27H23N5O3. The minimum Gasteiger partial charge on any atom is -0.493 e. The molecule has 0 aliphatic carbocycles. The van der Waals surface area contributed by atoms with Gasteiger partial charge in [-0.25, -0.2) is 4.79 Å². The van der Waals surface area contributed by atoms with Crippen molar-refractivity contribution in [2.45, 2.75) is 32.2 Å². The van der Waals surface area contributed by atoms with Gasteiger partial charge in [0.25, 0.3) is 0 Å². The second kappa shape index (κ2) is 9.77. The van der Waals surface area contributed by atoms with Crippen LogP contribution in [0.5, 0.6) is 11.5 Å². The van der Waals surface area contributed by atoms with Crippen LogP contribution in [0.1, 0.15) is 46.8 Å². The average Bonchev–Trinajstić information content (AvgIpc) is 3.14. The van der Waals surface area contributed by atoms with E-state index in [1.54, 1.807) is 48.7 Å². The first kappa shape index (κ1) is 22.3. The van der Waals surface area contributed by atoms with Gasteiger partial charge in [0.05, 0.1) is 23.8 Å². The molecule has 0 atom stereocenters. The van der Waals surface area contributed by atoms with Crippen molar-refractivity contribution >= 4 is 28.5 Å². The quantitative estimate of drug-likeness (QED) is 0.236. The van der Waals surface area contributed by atoms with Crippen LogP contribution >= 0.6 is 0 Å². The van der Waals surface area contributed by atoms with Crippen LogP contribution in [0.4, 0.5) is 0 Å². The minimum absolute atomic E-state index is 0.288. The summed E-state index contributed by atoms with van der Waals surface area (Å²) in [6.45, 7) is 0.805. The molecule has 0 N–H and O–H groups in total. The van der Waals surface area contributed by atoms with E-state index in [9.17, 15) is 10.1 Å². The van der Waals surface area contributed by atoms with Crippen molar-refractivity contribution in [3.05, 3.63) is 77.5 Å². The fourth-order valence-electron chi connectivity index (χ4n) is 4.22. The molecule has 3 heterocycles. The fourth-order valence-corrected chi connectivity index (χ4v) is 4.22. The zero-order chi connectivity index (χ0) is 24.2.